The summed E-state index contributed by atoms with van der Waals surface area (Å²) in [5.41, 5.74) is 2.69. The van der Waals surface area contributed by atoms with E-state index in [-0.39, 0.29) is 5.56 Å². The lowest BCUT2D eigenvalue weighted by atomic mass is 10.1. The number of rotatable bonds is 4. The van der Waals surface area contributed by atoms with Crippen LogP contribution in [-0.4, -0.2) is 39.8 Å². The number of H-pyrrole nitrogens is 1. The Morgan fingerprint density at radius 3 is 3.14 bits per heavy atom. The molecular formula is C15H18N4O2S. The minimum absolute atomic E-state index is 0.0304. The lowest BCUT2D eigenvalue weighted by Gasteiger charge is -2.27. The van der Waals surface area contributed by atoms with E-state index in [1.165, 1.54) is 11.8 Å². The van der Waals surface area contributed by atoms with E-state index >= 15 is 0 Å². The van der Waals surface area contributed by atoms with Crippen molar-refractivity contribution in [1.29, 1.82) is 0 Å². The third-order valence-corrected chi connectivity index (χ3v) is 4.37. The summed E-state index contributed by atoms with van der Waals surface area (Å²) in [6, 6.07) is 1.85. The number of fused-ring (bicyclic) bond motifs is 1. The third-order valence-electron chi connectivity index (χ3n) is 3.79. The summed E-state index contributed by atoms with van der Waals surface area (Å²) in [5.74, 6) is 0.825. The predicted octanol–water partition coefficient (Wildman–Crippen LogP) is 1.45. The van der Waals surface area contributed by atoms with Crippen LogP contribution in [0.25, 0.3) is 0 Å². The van der Waals surface area contributed by atoms with Gasteiger partial charge in [-0.2, -0.15) is 0 Å². The second kappa shape index (κ2) is 6.50. The van der Waals surface area contributed by atoms with E-state index in [2.05, 4.69) is 19.9 Å². The molecule has 0 aliphatic carbocycles. The molecule has 0 saturated heterocycles. The average molecular weight is 318 g/mol. The highest BCUT2D eigenvalue weighted by molar-refractivity contribution is 7.98. The molecule has 0 radical (unpaired) electrons. The fourth-order valence-electron chi connectivity index (χ4n) is 2.66. The van der Waals surface area contributed by atoms with E-state index in [0.717, 1.165) is 35.5 Å². The molecule has 1 aliphatic rings. The van der Waals surface area contributed by atoms with Crippen molar-refractivity contribution in [3.8, 4) is 5.75 Å². The SMILES string of the molecule is COc1ccncc1CN1CCc2nc(SC)[nH]c(=O)c2C1. The van der Waals surface area contributed by atoms with Crippen LogP contribution in [0.1, 0.15) is 16.8 Å². The number of nitrogens with zero attached hydrogens (tertiary/aromatic N) is 3. The molecule has 0 bridgehead atoms. The second-order valence-corrected chi connectivity index (χ2v) is 5.94. The number of pyridine rings is 1. The van der Waals surface area contributed by atoms with Crippen molar-refractivity contribution in [2.24, 2.45) is 0 Å². The van der Waals surface area contributed by atoms with Crippen LogP contribution < -0.4 is 10.3 Å². The Balaban J connectivity index is 1.81. The molecule has 0 aromatic carbocycles. The number of aromatic nitrogens is 3. The Labute approximate surface area is 132 Å². The van der Waals surface area contributed by atoms with Crippen LogP contribution in [0.3, 0.4) is 0 Å². The monoisotopic (exact) mass is 318 g/mol. The largest absolute Gasteiger partial charge is 0.496 e. The summed E-state index contributed by atoms with van der Waals surface area (Å²) in [6.45, 7) is 2.18. The van der Waals surface area contributed by atoms with Gasteiger partial charge in [0.05, 0.1) is 18.4 Å². The van der Waals surface area contributed by atoms with Crippen molar-refractivity contribution in [3.63, 3.8) is 0 Å². The Morgan fingerprint density at radius 2 is 2.36 bits per heavy atom. The van der Waals surface area contributed by atoms with Gasteiger partial charge in [-0.15, -0.1) is 0 Å². The Hall–Kier alpha value is -1.86. The van der Waals surface area contributed by atoms with E-state index in [0.29, 0.717) is 18.2 Å². The number of aromatic amines is 1. The smallest absolute Gasteiger partial charge is 0.256 e. The fourth-order valence-corrected chi connectivity index (χ4v) is 3.06. The van der Waals surface area contributed by atoms with Crippen LogP contribution in [0, 0.1) is 0 Å². The van der Waals surface area contributed by atoms with Gasteiger partial charge in [0.25, 0.3) is 5.56 Å². The number of thioether (sulfide) groups is 1. The molecule has 0 spiro atoms. The van der Waals surface area contributed by atoms with Crippen LogP contribution in [0.5, 0.6) is 5.75 Å². The van der Waals surface area contributed by atoms with Gasteiger partial charge in [0, 0.05) is 44.0 Å². The number of nitrogens with one attached hydrogen (secondary N) is 1. The minimum atomic E-state index is -0.0304. The van der Waals surface area contributed by atoms with Gasteiger partial charge in [-0.1, -0.05) is 11.8 Å². The first kappa shape index (κ1) is 15.1. The Kier molecular flexibility index (Phi) is 4.44. The molecule has 3 heterocycles. The highest BCUT2D eigenvalue weighted by Gasteiger charge is 2.22. The standard InChI is InChI=1S/C15H18N4O2S/c1-21-13-3-5-16-7-10(13)8-19-6-4-12-11(9-19)14(20)18-15(17-12)22-2/h3,5,7H,4,6,8-9H2,1-2H3,(H,17,18,20). The molecule has 1 aliphatic heterocycles. The second-order valence-electron chi connectivity index (χ2n) is 5.15. The highest BCUT2D eigenvalue weighted by Crippen LogP contribution is 2.22. The first-order valence-electron chi connectivity index (χ1n) is 7.06. The van der Waals surface area contributed by atoms with E-state index in [1.807, 2.05) is 18.5 Å². The van der Waals surface area contributed by atoms with Gasteiger partial charge >= 0.3 is 0 Å². The van der Waals surface area contributed by atoms with Crippen LogP contribution in [0.15, 0.2) is 28.4 Å². The highest BCUT2D eigenvalue weighted by atomic mass is 32.2. The molecule has 0 saturated carbocycles. The first-order chi connectivity index (χ1) is 10.7. The summed E-state index contributed by atoms with van der Waals surface area (Å²) < 4.78 is 5.36. The lowest BCUT2D eigenvalue weighted by Crippen LogP contribution is -2.35. The average Bonchev–Trinajstić information content (AvgIpc) is 2.55. The molecule has 0 unspecified atom stereocenters. The molecule has 0 fully saturated rings. The maximum absolute atomic E-state index is 12.2. The van der Waals surface area contributed by atoms with Crippen molar-refractivity contribution < 1.29 is 4.74 Å². The first-order valence-corrected chi connectivity index (χ1v) is 8.29. The van der Waals surface area contributed by atoms with Gasteiger partial charge in [0.2, 0.25) is 0 Å². The fraction of sp³-hybridized carbons (Fsp3) is 0.400. The van der Waals surface area contributed by atoms with Crippen molar-refractivity contribution in [1.82, 2.24) is 19.9 Å². The van der Waals surface area contributed by atoms with Gasteiger partial charge in [0.15, 0.2) is 5.16 Å². The molecule has 116 valence electrons. The lowest BCUT2D eigenvalue weighted by molar-refractivity contribution is 0.237. The van der Waals surface area contributed by atoms with Gasteiger partial charge in [0.1, 0.15) is 5.75 Å². The third kappa shape index (κ3) is 3.00. The van der Waals surface area contributed by atoms with E-state index in [1.54, 1.807) is 13.3 Å². The van der Waals surface area contributed by atoms with Crippen molar-refractivity contribution >= 4 is 11.8 Å². The summed E-state index contributed by atoms with van der Waals surface area (Å²) in [7, 11) is 1.66. The molecule has 7 heteroatoms. The summed E-state index contributed by atoms with van der Waals surface area (Å²) >= 11 is 1.46. The summed E-state index contributed by atoms with van der Waals surface area (Å²) in [5, 5.41) is 0.686. The van der Waals surface area contributed by atoms with E-state index in [9.17, 15) is 4.79 Å². The zero-order valence-corrected chi connectivity index (χ0v) is 13.4. The molecule has 0 amide bonds. The number of hydrogen-bond acceptors (Lipinski definition) is 6. The van der Waals surface area contributed by atoms with Gasteiger partial charge in [-0.05, 0) is 12.3 Å². The molecule has 1 N–H and O–H groups in total. The van der Waals surface area contributed by atoms with Crippen LogP contribution in [0.2, 0.25) is 0 Å². The Bertz CT molecular complexity index is 732. The van der Waals surface area contributed by atoms with E-state index < -0.39 is 0 Å². The molecule has 0 atom stereocenters. The maximum atomic E-state index is 12.2. The Morgan fingerprint density at radius 1 is 1.50 bits per heavy atom. The molecule has 3 rings (SSSR count). The maximum Gasteiger partial charge on any atom is 0.256 e. The van der Waals surface area contributed by atoms with Gasteiger partial charge in [-0.3, -0.25) is 14.7 Å². The molecule has 22 heavy (non-hydrogen) atoms. The molecule has 6 nitrogen and oxygen atoms in total. The van der Waals surface area contributed by atoms with Crippen LogP contribution in [0.4, 0.5) is 0 Å². The van der Waals surface area contributed by atoms with Crippen LogP contribution >= 0.6 is 11.8 Å². The normalized spacial score (nSPS) is 14.6. The quantitative estimate of drug-likeness (QED) is 0.680. The van der Waals surface area contributed by atoms with Crippen molar-refractivity contribution in [2.75, 3.05) is 19.9 Å². The van der Waals surface area contributed by atoms with Crippen molar-refractivity contribution in [3.05, 3.63) is 45.6 Å². The molecule has 2 aromatic heterocycles. The predicted molar refractivity (Wildman–Crippen MR) is 85.2 cm³/mol. The van der Waals surface area contributed by atoms with Crippen LogP contribution in [-0.2, 0) is 19.5 Å². The zero-order chi connectivity index (χ0) is 15.5. The summed E-state index contributed by atoms with van der Waals surface area (Å²) in [4.78, 5) is 25.9. The topological polar surface area (TPSA) is 71.1 Å². The molecule has 2 aromatic rings. The number of methoxy groups -OCH3 is 1. The number of hydrogen-bond donors (Lipinski definition) is 1. The zero-order valence-electron chi connectivity index (χ0n) is 12.6. The van der Waals surface area contributed by atoms with Crippen molar-refractivity contribution in [2.45, 2.75) is 24.7 Å². The summed E-state index contributed by atoms with van der Waals surface area (Å²) in [6.07, 6.45) is 6.23. The van der Waals surface area contributed by atoms with E-state index in [4.69, 9.17) is 4.74 Å². The molecular weight excluding hydrogens is 300 g/mol. The van der Waals surface area contributed by atoms with Gasteiger partial charge < -0.3 is 9.72 Å². The van der Waals surface area contributed by atoms with Gasteiger partial charge in [-0.25, -0.2) is 4.98 Å². The minimum Gasteiger partial charge on any atom is -0.496 e. The number of ether oxygens (including phenoxy) is 1.